The molecule has 2 aliphatic rings. The lowest BCUT2D eigenvalue weighted by Gasteiger charge is -2.36. The molecule has 1 atom stereocenters. The summed E-state index contributed by atoms with van der Waals surface area (Å²) in [5.74, 6) is 0.732. The average Bonchev–Trinajstić information content (AvgIpc) is 3.35. The van der Waals surface area contributed by atoms with E-state index >= 15 is 0 Å². The minimum Gasteiger partial charge on any atom is -0.449 e. The predicted octanol–water partition coefficient (Wildman–Crippen LogP) is 7.75. The Kier molecular flexibility index (Phi) is 12.5. The van der Waals surface area contributed by atoms with E-state index in [1.165, 1.54) is 18.4 Å². The van der Waals surface area contributed by atoms with Gasteiger partial charge in [-0.3, -0.25) is 9.78 Å². The number of benzene rings is 1. The van der Waals surface area contributed by atoms with Crippen LogP contribution in [0.1, 0.15) is 94.6 Å². The third-order valence-corrected chi connectivity index (χ3v) is 7.87. The number of rotatable bonds is 7. The van der Waals surface area contributed by atoms with Gasteiger partial charge in [-0.1, -0.05) is 78.8 Å². The fraction of sp³-hybridized carbons (Fsp3) is 0.486. The zero-order chi connectivity index (χ0) is 31.4. The van der Waals surface area contributed by atoms with Gasteiger partial charge in [-0.05, 0) is 60.8 Å². The normalized spacial score (nSPS) is 16.2. The molecule has 1 aliphatic carbocycles. The summed E-state index contributed by atoms with van der Waals surface area (Å²) >= 11 is 0. The smallest absolute Gasteiger partial charge is 0.287 e. The average molecular weight is 587 g/mol. The fourth-order valence-electron chi connectivity index (χ4n) is 5.51. The Morgan fingerprint density at radius 1 is 1.09 bits per heavy atom. The number of carbonyl (C=O) groups is 1. The highest BCUT2D eigenvalue weighted by Gasteiger charge is 2.54. The molecule has 6 rings (SSSR count). The maximum Gasteiger partial charge on any atom is 0.287 e. The van der Waals surface area contributed by atoms with Crippen molar-refractivity contribution in [3.05, 3.63) is 84.4 Å². The molecule has 8 heteroatoms. The zero-order valence-corrected chi connectivity index (χ0v) is 27.2. The van der Waals surface area contributed by atoms with Crippen LogP contribution in [-0.4, -0.2) is 50.2 Å². The van der Waals surface area contributed by atoms with Crippen molar-refractivity contribution in [1.82, 2.24) is 30.0 Å². The molecule has 0 radical (unpaired) electrons. The first-order valence-corrected chi connectivity index (χ1v) is 15.9. The van der Waals surface area contributed by atoms with Crippen LogP contribution < -0.4 is 5.32 Å². The molecular formula is C35H50N6O2. The molecular weight excluding hydrogens is 536 g/mol. The fourth-order valence-corrected chi connectivity index (χ4v) is 5.51. The Morgan fingerprint density at radius 2 is 1.77 bits per heavy atom. The van der Waals surface area contributed by atoms with E-state index in [0.717, 1.165) is 48.3 Å². The minimum atomic E-state index is -0.149. The van der Waals surface area contributed by atoms with Crippen molar-refractivity contribution in [3.63, 3.8) is 0 Å². The lowest BCUT2D eigenvalue weighted by Crippen LogP contribution is -2.35. The van der Waals surface area contributed by atoms with Gasteiger partial charge in [0.2, 0.25) is 0 Å². The van der Waals surface area contributed by atoms with Crippen LogP contribution in [0.3, 0.4) is 0 Å². The second-order valence-corrected chi connectivity index (χ2v) is 10.9. The van der Waals surface area contributed by atoms with Crippen LogP contribution in [0.4, 0.5) is 0 Å². The molecule has 1 saturated heterocycles. The van der Waals surface area contributed by atoms with E-state index in [0.29, 0.717) is 35.8 Å². The number of fused-ring (bicyclic) bond motifs is 1. The van der Waals surface area contributed by atoms with Gasteiger partial charge in [-0.2, -0.15) is 5.10 Å². The highest BCUT2D eigenvalue weighted by molar-refractivity contribution is 5.96. The molecule has 1 saturated carbocycles. The molecule has 1 aliphatic heterocycles. The SMILES string of the molecule is C=C(c1ccc(Cn2cncn2)cc1)N1CCC2(CC1)CC2CNC(=O)c1cc2cc(C)ncc2o1.CC.CC.CCC. The molecule has 1 aromatic carbocycles. The number of amides is 1. The lowest BCUT2D eigenvalue weighted by molar-refractivity contribution is 0.0923. The van der Waals surface area contributed by atoms with Gasteiger partial charge in [-0.25, -0.2) is 9.67 Å². The van der Waals surface area contributed by atoms with Crippen LogP contribution in [-0.2, 0) is 6.54 Å². The number of carbonyl (C=O) groups excluding carboxylic acids is 1. The zero-order valence-electron chi connectivity index (χ0n) is 27.2. The summed E-state index contributed by atoms with van der Waals surface area (Å²) < 4.78 is 7.51. The van der Waals surface area contributed by atoms with Crippen molar-refractivity contribution in [3.8, 4) is 0 Å². The molecule has 1 spiro atoms. The first-order chi connectivity index (χ1) is 20.9. The molecule has 43 heavy (non-hydrogen) atoms. The summed E-state index contributed by atoms with van der Waals surface area (Å²) in [5.41, 5.74) is 5.32. The van der Waals surface area contributed by atoms with Crippen molar-refractivity contribution in [2.24, 2.45) is 11.3 Å². The highest BCUT2D eigenvalue weighted by atomic mass is 16.3. The number of hydrogen-bond donors (Lipinski definition) is 1. The molecule has 1 amide bonds. The summed E-state index contributed by atoms with van der Waals surface area (Å²) in [6, 6.07) is 12.3. The Morgan fingerprint density at radius 3 is 2.40 bits per heavy atom. The number of nitrogens with one attached hydrogen (secondary N) is 1. The second kappa shape index (κ2) is 16.1. The van der Waals surface area contributed by atoms with E-state index in [2.05, 4.69) is 70.0 Å². The van der Waals surface area contributed by atoms with Crippen molar-refractivity contribution < 1.29 is 9.21 Å². The van der Waals surface area contributed by atoms with Crippen molar-refractivity contribution >= 4 is 22.6 Å². The van der Waals surface area contributed by atoms with E-state index < -0.39 is 0 Å². The van der Waals surface area contributed by atoms with Crippen LogP contribution in [0.2, 0.25) is 0 Å². The van der Waals surface area contributed by atoms with Crippen LogP contribution >= 0.6 is 0 Å². The summed E-state index contributed by atoms with van der Waals surface area (Å²) in [5, 5.41) is 8.17. The predicted molar refractivity (Wildman–Crippen MR) is 176 cm³/mol. The molecule has 2 fully saturated rings. The van der Waals surface area contributed by atoms with Gasteiger partial charge < -0.3 is 14.6 Å². The van der Waals surface area contributed by atoms with Crippen LogP contribution in [0.15, 0.2) is 66.2 Å². The third-order valence-electron chi connectivity index (χ3n) is 7.87. The van der Waals surface area contributed by atoms with Crippen LogP contribution in [0.5, 0.6) is 0 Å². The monoisotopic (exact) mass is 586 g/mol. The first-order valence-electron chi connectivity index (χ1n) is 15.9. The van der Waals surface area contributed by atoms with E-state index in [-0.39, 0.29) is 5.91 Å². The van der Waals surface area contributed by atoms with E-state index in [4.69, 9.17) is 4.42 Å². The first kappa shape index (κ1) is 33.6. The van der Waals surface area contributed by atoms with Crippen molar-refractivity contribution in [2.45, 2.75) is 80.7 Å². The van der Waals surface area contributed by atoms with Gasteiger partial charge in [0, 0.05) is 36.4 Å². The Labute approximate surface area is 257 Å². The molecule has 4 aromatic rings. The van der Waals surface area contributed by atoms with Crippen molar-refractivity contribution in [2.75, 3.05) is 19.6 Å². The number of nitrogens with zero attached hydrogens (tertiary/aromatic N) is 5. The Bertz CT molecular complexity index is 1420. The van der Waals surface area contributed by atoms with Gasteiger partial charge >= 0.3 is 0 Å². The third kappa shape index (κ3) is 8.55. The number of piperidine rings is 1. The quantitative estimate of drug-likeness (QED) is 0.238. The van der Waals surface area contributed by atoms with Gasteiger partial charge in [0.25, 0.3) is 5.91 Å². The molecule has 3 aromatic heterocycles. The number of pyridine rings is 1. The Balaban J connectivity index is 0.000000670. The number of furan rings is 1. The molecule has 4 heterocycles. The van der Waals surface area contributed by atoms with E-state index in [1.54, 1.807) is 24.9 Å². The minimum absolute atomic E-state index is 0.149. The summed E-state index contributed by atoms with van der Waals surface area (Å²) in [7, 11) is 0. The molecule has 232 valence electrons. The summed E-state index contributed by atoms with van der Waals surface area (Å²) in [4.78, 5) is 23.3. The van der Waals surface area contributed by atoms with Gasteiger partial charge in [-0.15, -0.1) is 0 Å². The summed E-state index contributed by atoms with van der Waals surface area (Å²) in [6.45, 7) is 22.0. The van der Waals surface area contributed by atoms with E-state index in [9.17, 15) is 4.79 Å². The lowest BCUT2D eigenvalue weighted by atomic mass is 9.90. The number of hydrogen-bond acceptors (Lipinski definition) is 6. The largest absolute Gasteiger partial charge is 0.449 e. The maximum absolute atomic E-state index is 12.7. The molecule has 8 nitrogen and oxygen atoms in total. The molecule has 1 unspecified atom stereocenters. The topological polar surface area (TPSA) is 89.1 Å². The maximum atomic E-state index is 12.7. The van der Waals surface area contributed by atoms with Crippen molar-refractivity contribution in [1.29, 1.82) is 0 Å². The number of aryl methyl sites for hydroxylation is 1. The summed E-state index contributed by atoms with van der Waals surface area (Å²) in [6.07, 6.45) is 9.64. The van der Waals surface area contributed by atoms with Crippen LogP contribution in [0.25, 0.3) is 16.7 Å². The number of aromatic nitrogens is 4. The van der Waals surface area contributed by atoms with E-state index in [1.807, 2.05) is 45.4 Å². The van der Waals surface area contributed by atoms with Crippen LogP contribution in [0, 0.1) is 18.3 Å². The molecule has 1 N–H and O–H groups in total. The molecule has 0 bridgehead atoms. The Hall–Kier alpha value is -3.94. The van der Waals surface area contributed by atoms with Gasteiger partial charge in [0.1, 0.15) is 12.7 Å². The van der Waals surface area contributed by atoms with Gasteiger partial charge in [0.05, 0.1) is 12.7 Å². The number of likely N-dealkylation sites (tertiary alicyclic amines) is 1. The highest BCUT2D eigenvalue weighted by Crippen LogP contribution is 2.59. The second-order valence-electron chi connectivity index (χ2n) is 10.9. The van der Waals surface area contributed by atoms with Gasteiger partial charge in [0.15, 0.2) is 11.3 Å². The standard InChI is InChI=1S/C28H30N6O2.C3H8.2C2H6/c1-19-11-23-12-25(36-26(23)15-30-19)27(35)31-14-24-13-28(24)7-9-33(10-8-28)20(2)22-5-3-21(4-6-22)16-34-18-29-17-32-34;1-3-2;2*1-2/h3-6,11-12,15,17-18,24H,2,7-10,13-14,16H2,1H3,(H,31,35);3H2,1-2H3;2*1-2H3.